The molecule has 140 valence electrons. The van der Waals surface area contributed by atoms with Crippen LogP contribution in [0.5, 0.6) is 11.5 Å². The van der Waals surface area contributed by atoms with E-state index in [2.05, 4.69) is 17.2 Å². The number of nitriles is 1. The summed E-state index contributed by atoms with van der Waals surface area (Å²) in [5.74, 6) is 1.10. The maximum atomic E-state index is 8.68. The monoisotopic (exact) mass is 371 g/mol. The van der Waals surface area contributed by atoms with Crippen molar-refractivity contribution in [2.45, 2.75) is 6.54 Å². The van der Waals surface area contributed by atoms with E-state index in [0.29, 0.717) is 18.0 Å². The smallest absolute Gasteiger partial charge is 0.174 e. The maximum absolute atomic E-state index is 8.68. The largest absolute Gasteiger partial charge is 0.493 e. The summed E-state index contributed by atoms with van der Waals surface area (Å²) < 4.78 is 10.7. The standard InChI is InChI=1S/C23H21N3O2/c1-27-23-16-20(12-13-22(23)28-15-14-24)17-25-26(21-10-6-3-7-11-21)18-19-8-4-2-5-9-19/h2-13,16-17H,15,18H2,1H3. The van der Waals surface area contributed by atoms with Crippen LogP contribution in [0.4, 0.5) is 5.69 Å². The number of hydrazone groups is 1. The number of anilines is 1. The van der Waals surface area contributed by atoms with Gasteiger partial charge in [-0.05, 0) is 41.5 Å². The normalized spacial score (nSPS) is 10.4. The Hall–Kier alpha value is -3.78. The molecule has 0 spiro atoms. The quantitative estimate of drug-likeness (QED) is 0.428. The molecule has 0 aliphatic heterocycles. The van der Waals surface area contributed by atoms with Crippen molar-refractivity contribution in [1.82, 2.24) is 0 Å². The van der Waals surface area contributed by atoms with Gasteiger partial charge in [-0.2, -0.15) is 10.4 Å². The fraction of sp³-hybridized carbons (Fsp3) is 0.130. The van der Waals surface area contributed by atoms with Crippen LogP contribution in [-0.2, 0) is 6.54 Å². The van der Waals surface area contributed by atoms with Crippen molar-refractivity contribution in [1.29, 1.82) is 5.26 Å². The molecular formula is C23H21N3O2. The molecule has 0 N–H and O–H groups in total. The second kappa shape index (κ2) is 9.79. The number of benzene rings is 3. The molecule has 5 heteroatoms. The first kappa shape index (κ1) is 19.0. The Morgan fingerprint density at radius 3 is 2.36 bits per heavy atom. The number of rotatable bonds is 8. The fourth-order valence-corrected chi connectivity index (χ4v) is 2.69. The molecule has 3 aromatic carbocycles. The van der Waals surface area contributed by atoms with Crippen molar-refractivity contribution in [2.24, 2.45) is 5.10 Å². The average molecular weight is 371 g/mol. The predicted molar refractivity (Wildman–Crippen MR) is 111 cm³/mol. The second-order valence-corrected chi connectivity index (χ2v) is 5.98. The van der Waals surface area contributed by atoms with Gasteiger partial charge in [-0.15, -0.1) is 0 Å². The molecule has 0 saturated carbocycles. The Morgan fingerprint density at radius 2 is 1.68 bits per heavy atom. The molecule has 0 aliphatic rings. The van der Waals surface area contributed by atoms with Crippen LogP contribution in [0, 0.1) is 11.3 Å². The van der Waals surface area contributed by atoms with E-state index in [0.717, 1.165) is 11.3 Å². The molecule has 5 nitrogen and oxygen atoms in total. The molecule has 3 aromatic rings. The average Bonchev–Trinajstić information content (AvgIpc) is 2.76. The van der Waals surface area contributed by atoms with Gasteiger partial charge in [0.1, 0.15) is 6.07 Å². The second-order valence-electron chi connectivity index (χ2n) is 5.98. The molecule has 28 heavy (non-hydrogen) atoms. The van der Waals surface area contributed by atoms with E-state index in [4.69, 9.17) is 14.7 Å². The summed E-state index contributed by atoms with van der Waals surface area (Å²) in [6.07, 6.45) is 1.78. The molecule has 0 aromatic heterocycles. The van der Waals surface area contributed by atoms with Gasteiger partial charge in [-0.3, -0.25) is 5.01 Å². The highest BCUT2D eigenvalue weighted by molar-refractivity contribution is 5.81. The molecule has 0 atom stereocenters. The highest BCUT2D eigenvalue weighted by atomic mass is 16.5. The van der Waals surface area contributed by atoms with E-state index in [-0.39, 0.29) is 6.61 Å². The summed E-state index contributed by atoms with van der Waals surface area (Å²) in [7, 11) is 1.57. The minimum absolute atomic E-state index is 0.0251. The number of ether oxygens (including phenoxy) is 2. The number of methoxy groups -OCH3 is 1. The van der Waals surface area contributed by atoms with E-state index in [1.165, 1.54) is 5.56 Å². The molecule has 0 radical (unpaired) electrons. The molecule has 3 rings (SSSR count). The summed E-state index contributed by atoms with van der Waals surface area (Å²) in [6, 6.07) is 27.7. The van der Waals surface area contributed by atoms with Crippen molar-refractivity contribution in [3.8, 4) is 17.6 Å². The third-order valence-electron chi connectivity index (χ3n) is 4.06. The number of para-hydroxylation sites is 1. The summed E-state index contributed by atoms with van der Waals surface area (Å²) in [5.41, 5.74) is 3.04. The topological polar surface area (TPSA) is 57.9 Å². The summed E-state index contributed by atoms with van der Waals surface area (Å²) in [6.45, 7) is 0.629. The van der Waals surface area contributed by atoms with E-state index in [1.807, 2.05) is 71.7 Å². The van der Waals surface area contributed by atoms with Crippen LogP contribution in [0.25, 0.3) is 0 Å². The molecule has 0 aliphatic carbocycles. The summed E-state index contributed by atoms with van der Waals surface area (Å²) in [5, 5.41) is 15.3. The van der Waals surface area contributed by atoms with E-state index < -0.39 is 0 Å². The van der Waals surface area contributed by atoms with Crippen LogP contribution < -0.4 is 14.5 Å². The van der Waals surface area contributed by atoms with Crippen LogP contribution in [0.2, 0.25) is 0 Å². The Morgan fingerprint density at radius 1 is 0.964 bits per heavy atom. The lowest BCUT2D eigenvalue weighted by atomic mass is 10.2. The molecule has 0 amide bonds. The van der Waals surface area contributed by atoms with Gasteiger partial charge in [0.25, 0.3) is 0 Å². The summed E-state index contributed by atoms with van der Waals surface area (Å²) >= 11 is 0. The number of hydrogen-bond donors (Lipinski definition) is 0. The molecule has 0 bridgehead atoms. The Labute approximate surface area is 165 Å². The Balaban J connectivity index is 1.84. The van der Waals surface area contributed by atoms with Crippen molar-refractivity contribution < 1.29 is 9.47 Å². The van der Waals surface area contributed by atoms with Crippen molar-refractivity contribution in [2.75, 3.05) is 18.7 Å². The van der Waals surface area contributed by atoms with Gasteiger partial charge in [0.15, 0.2) is 18.1 Å². The van der Waals surface area contributed by atoms with Crippen LogP contribution in [0.15, 0.2) is 84.0 Å². The van der Waals surface area contributed by atoms with E-state index in [1.54, 1.807) is 19.4 Å². The SMILES string of the molecule is COc1cc(C=NN(Cc2ccccc2)c2ccccc2)ccc1OCC#N. The van der Waals surface area contributed by atoms with E-state index in [9.17, 15) is 0 Å². The van der Waals surface area contributed by atoms with E-state index >= 15 is 0 Å². The third kappa shape index (κ3) is 5.12. The van der Waals surface area contributed by atoms with Gasteiger partial charge >= 0.3 is 0 Å². The predicted octanol–water partition coefficient (Wildman–Crippen LogP) is 4.64. The third-order valence-corrected chi connectivity index (χ3v) is 4.06. The zero-order valence-corrected chi connectivity index (χ0v) is 15.7. The lowest BCUT2D eigenvalue weighted by Crippen LogP contribution is -2.16. The van der Waals surface area contributed by atoms with Crippen molar-refractivity contribution in [3.05, 3.63) is 90.0 Å². The van der Waals surface area contributed by atoms with Crippen molar-refractivity contribution in [3.63, 3.8) is 0 Å². The summed E-state index contributed by atoms with van der Waals surface area (Å²) in [4.78, 5) is 0. The first-order valence-corrected chi connectivity index (χ1v) is 8.88. The Kier molecular flexibility index (Phi) is 6.64. The minimum Gasteiger partial charge on any atom is -0.493 e. The highest BCUT2D eigenvalue weighted by Crippen LogP contribution is 2.27. The maximum Gasteiger partial charge on any atom is 0.174 e. The lowest BCUT2D eigenvalue weighted by Gasteiger charge is -2.19. The highest BCUT2D eigenvalue weighted by Gasteiger charge is 2.07. The van der Waals surface area contributed by atoms with Crippen LogP contribution >= 0.6 is 0 Å². The zero-order valence-electron chi connectivity index (χ0n) is 15.7. The van der Waals surface area contributed by atoms with Gasteiger partial charge in [-0.1, -0.05) is 48.5 Å². The molecule has 0 heterocycles. The lowest BCUT2D eigenvalue weighted by molar-refractivity contribution is 0.329. The number of hydrogen-bond acceptors (Lipinski definition) is 5. The van der Waals surface area contributed by atoms with Gasteiger partial charge in [0.05, 0.1) is 25.6 Å². The molecule has 0 fully saturated rings. The minimum atomic E-state index is -0.0251. The van der Waals surface area contributed by atoms with Crippen molar-refractivity contribution >= 4 is 11.9 Å². The van der Waals surface area contributed by atoms with Gasteiger partial charge in [0.2, 0.25) is 0 Å². The zero-order chi connectivity index (χ0) is 19.6. The van der Waals surface area contributed by atoms with Gasteiger partial charge in [-0.25, -0.2) is 0 Å². The van der Waals surface area contributed by atoms with Crippen LogP contribution in [0.1, 0.15) is 11.1 Å². The van der Waals surface area contributed by atoms with Gasteiger partial charge in [0, 0.05) is 0 Å². The van der Waals surface area contributed by atoms with Crippen LogP contribution in [-0.4, -0.2) is 19.9 Å². The first-order chi connectivity index (χ1) is 13.8. The van der Waals surface area contributed by atoms with Crippen LogP contribution in [0.3, 0.4) is 0 Å². The molecule has 0 unspecified atom stereocenters. The number of nitrogens with zero attached hydrogens (tertiary/aromatic N) is 3. The fourth-order valence-electron chi connectivity index (χ4n) is 2.69. The first-order valence-electron chi connectivity index (χ1n) is 8.88. The Bertz CT molecular complexity index is 951. The molecular weight excluding hydrogens is 350 g/mol. The van der Waals surface area contributed by atoms with Gasteiger partial charge < -0.3 is 9.47 Å². The molecule has 0 saturated heterocycles.